The first-order chi connectivity index (χ1) is 10.1. The van der Waals surface area contributed by atoms with Gasteiger partial charge in [-0.3, -0.25) is 0 Å². The summed E-state index contributed by atoms with van der Waals surface area (Å²) in [6.07, 6.45) is 2.84. The second-order valence-corrected chi connectivity index (χ2v) is 7.29. The fourth-order valence-corrected chi connectivity index (χ4v) is 4.35. The van der Waals surface area contributed by atoms with E-state index in [1.165, 1.54) is 0 Å². The van der Waals surface area contributed by atoms with Gasteiger partial charge in [0.2, 0.25) is 10.0 Å². The first kappa shape index (κ1) is 16.3. The largest absolute Gasteiger partial charge is 0.494 e. The summed E-state index contributed by atoms with van der Waals surface area (Å²) in [6, 6.07) is 6.73. The molecule has 0 saturated carbocycles. The summed E-state index contributed by atoms with van der Waals surface area (Å²) < 4.78 is 32.4. The third kappa shape index (κ3) is 3.96. The van der Waals surface area contributed by atoms with Gasteiger partial charge < -0.3 is 10.5 Å². The van der Waals surface area contributed by atoms with Crippen LogP contribution in [0.5, 0.6) is 5.75 Å². The summed E-state index contributed by atoms with van der Waals surface area (Å²) in [4.78, 5) is 0.307. The van der Waals surface area contributed by atoms with Gasteiger partial charge in [-0.25, -0.2) is 8.42 Å². The van der Waals surface area contributed by atoms with Crippen molar-refractivity contribution in [2.75, 3.05) is 26.2 Å². The molecule has 0 aromatic heterocycles. The van der Waals surface area contributed by atoms with Crippen molar-refractivity contribution in [3.63, 3.8) is 0 Å². The van der Waals surface area contributed by atoms with Gasteiger partial charge in [0.15, 0.2) is 0 Å². The molecular weight excluding hydrogens is 288 g/mol. The molecule has 1 saturated heterocycles. The summed E-state index contributed by atoms with van der Waals surface area (Å²) in [5, 5.41) is 0. The average Bonchev–Trinajstić information content (AvgIpc) is 2.48. The van der Waals surface area contributed by atoms with Gasteiger partial charge in [-0.15, -0.1) is 0 Å². The third-order valence-electron chi connectivity index (χ3n) is 3.81. The molecule has 1 aromatic rings. The molecule has 1 unspecified atom stereocenters. The Kier molecular flexibility index (Phi) is 5.61. The van der Waals surface area contributed by atoms with Crippen LogP contribution in [0.1, 0.15) is 26.2 Å². The maximum absolute atomic E-state index is 12.7. The predicted octanol–water partition coefficient (Wildman–Crippen LogP) is 1.83. The summed E-state index contributed by atoms with van der Waals surface area (Å²) in [5.41, 5.74) is 5.59. The average molecular weight is 312 g/mol. The van der Waals surface area contributed by atoms with Gasteiger partial charge in [0.1, 0.15) is 5.75 Å². The summed E-state index contributed by atoms with van der Waals surface area (Å²) in [6.45, 7) is 4.16. The Balaban J connectivity index is 2.18. The van der Waals surface area contributed by atoms with Crippen molar-refractivity contribution in [1.82, 2.24) is 4.31 Å². The molecular formula is C15H24N2O3S. The van der Waals surface area contributed by atoms with E-state index in [0.717, 1.165) is 19.3 Å². The van der Waals surface area contributed by atoms with Gasteiger partial charge in [0, 0.05) is 19.2 Å². The minimum absolute atomic E-state index is 0.307. The van der Waals surface area contributed by atoms with Gasteiger partial charge in [-0.05, 0) is 50.8 Å². The number of hydrogen-bond donors (Lipinski definition) is 1. The highest BCUT2D eigenvalue weighted by molar-refractivity contribution is 7.89. The number of hydrogen-bond acceptors (Lipinski definition) is 4. The fourth-order valence-electron chi connectivity index (χ4n) is 2.76. The van der Waals surface area contributed by atoms with Gasteiger partial charge in [-0.1, -0.05) is 6.07 Å². The lowest BCUT2D eigenvalue weighted by Crippen LogP contribution is -2.40. The van der Waals surface area contributed by atoms with Crippen LogP contribution in [0.2, 0.25) is 0 Å². The Hall–Kier alpha value is -1.11. The number of rotatable bonds is 6. The highest BCUT2D eigenvalue weighted by Crippen LogP contribution is 2.26. The second kappa shape index (κ2) is 7.24. The molecule has 5 nitrogen and oxygen atoms in total. The van der Waals surface area contributed by atoms with Crippen LogP contribution in [-0.4, -0.2) is 39.0 Å². The molecule has 0 spiro atoms. The van der Waals surface area contributed by atoms with Gasteiger partial charge in [0.05, 0.1) is 11.5 Å². The van der Waals surface area contributed by atoms with E-state index in [4.69, 9.17) is 10.5 Å². The van der Waals surface area contributed by atoms with Crippen LogP contribution in [0.4, 0.5) is 0 Å². The van der Waals surface area contributed by atoms with Crippen molar-refractivity contribution in [2.24, 2.45) is 11.7 Å². The zero-order valence-corrected chi connectivity index (χ0v) is 13.3. The topological polar surface area (TPSA) is 72.6 Å². The lowest BCUT2D eigenvalue weighted by molar-refractivity contribution is 0.258. The van der Waals surface area contributed by atoms with Crippen molar-refractivity contribution in [3.8, 4) is 5.75 Å². The van der Waals surface area contributed by atoms with Crippen LogP contribution >= 0.6 is 0 Å². The van der Waals surface area contributed by atoms with E-state index in [2.05, 4.69) is 0 Å². The molecule has 0 radical (unpaired) electrons. The standard InChI is InChI=1S/C15H24N2O3S/c1-2-20-14-6-3-7-15(11-14)21(18,19)17-10-4-5-13(12-17)8-9-16/h3,6-7,11,13H,2,4-5,8-10,12,16H2,1H3. The minimum atomic E-state index is -3.44. The van der Waals surface area contributed by atoms with Crippen molar-refractivity contribution in [3.05, 3.63) is 24.3 Å². The number of nitrogens with two attached hydrogens (primary N) is 1. The third-order valence-corrected chi connectivity index (χ3v) is 5.67. The van der Waals surface area contributed by atoms with Crippen LogP contribution < -0.4 is 10.5 Å². The number of sulfonamides is 1. The molecule has 1 atom stereocenters. The van der Waals surface area contributed by atoms with Crippen LogP contribution in [0.3, 0.4) is 0 Å². The summed E-state index contributed by atoms with van der Waals surface area (Å²) >= 11 is 0. The van der Waals surface area contributed by atoms with Gasteiger partial charge in [-0.2, -0.15) is 4.31 Å². The number of nitrogens with zero attached hydrogens (tertiary/aromatic N) is 1. The molecule has 1 aliphatic heterocycles. The quantitative estimate of drug-likeness (QED) is 0.870. The predicted molar refractivity (Wildman–Crippen MR) is 82.8 cm³/mol. The van der Waals surface area contributed by atoms with Crippen LogP contribution in [0.15, 0.2) is 29.2 Å². The summed E-state index contributed by atoms with van der Waals surface area (Å²) in [7, 11) is -3.44. The molecule has 1 heterocycles. The molecule has 2 rings (SSSR count). The Morgan fingerprint density at radius 2 is 2.24 bits per heavy atom. The lowest BCUT2D eigenvalue weighted by atomic mass is 9.96. The normalized spacial score (nSPS) is 20.4. The van der Waals surface area contributed by atoms with E-state index in [9.17, 15) is 8.42 Å². The van der Waals surface area contributed by atoms with E-state index < -0.39 is 10.0 Å². The maximum atomic E-state index is 12.7. The Bertz CT molecular complexity index is 558. The van der Waals surface area contributed by atoms with E-state index in [0.29, 0.717) is 42.8 Å². The van der Waals surface area contributed by atoms with Crippen molar-refractivity contribution in [2.45, 2.75) is 31.1 Å². The summed E-state index contributed by atoms with van der Waals surface area (Å²) in [5.74, 6) is 0.961. The zero-order valence-electron chi connectivity index (χ0n) is 12.5. The first-order valence-corrected chi connectivity index (χ1v) is 8.95. The monoisotopic (exact) mass is 312 g/mol. The Morgan fingerprint density at radius 3 is 2.95 bits per heavy atom. The molecule has 1 aliphatic rings. The number of piperidine rings is 1. The molecule has 21 heavy (non-hydrogen) atoms. The molecule has 1 fully saturated rings. The molecule has 2 N–H and O–H groups in total. The zero-order chi connectivity index (χ0) is 15.3. The SMILES string of the molecule is CCOc1cccc(S(=O)(=O)N2CCCC(CCN)C2)c1. The maximum Gasteiger partial charge on any atom is 0.243 e. The molecule has 118 valence electrons. The Labute approximate surface area is 127 Å². The Morgan fingerprint density at radius 1 is 1.43 bits per heavy atom. The first-order valence-electron chi connectivity index (χ1n) is 7.51. The number of benzene rings is 1. The van der Waals surface area contributed by atoms with Crippen molar-refractivity contribution < 1.29 is 13.2 Å². The second-order valence-electron chi connectivity index (χ2n) is 5.36. The molecule has 0 amide bonds. The van der Waals surface area contributed by atoms with Gasteiger partial charge in [0.25, 0.3) is 0 Å². The van der Waals surface area contributed by atoms with Crippen molar-refractivity contribution >= 4 is 10.0 Å². The smallest absolute Gasteiger partial charge is 0.243 e. The van der Waals surface area contributed by atoms with Crippen LogP contribution in [-0.2, 0) is 10.0 Å². The lowest BCUT2D eigenvalue weighted by Gasteiger charge is -2.31. The number of ether oxygens (including phenoxy) is 1. The highest BCUT2D eigenvalue weighted by Gasteiger charge is 2.30. The highest BCUT2D eigenvalue weighted by atomic mass is 32.2. The molecule has 1 aromatic carbocycles. The van der Waals surface area contributed by atoms with Gasteiger partial charge >= 0.3 is 0 Å². The van der Waals surface area contributed by atoms with E-state index >= 15 is 0 Å². The van der Waals surface area contributed by atoms with Crippen LogP contribution in [0, 0.1) is 5.92 Å². The minimum Gasteiger partial charge on any atom is -0.494 e. The van der Waals surface area contributed by atoms with E-state index in [1.54, 1.807) is 28.6 Å². The van der Waals surface area contributed by atoms with Crippen LogP contribution in [0.25, 0.3) is 0 Å². The molecule has 6 heteroatoms. The molecule has 0 aliphatic carbocycles. The molecule has 0 bridgehead atoms. The van der Waals surface area contributed by atoms with E-state index in [1.807, 2.05) is 6.92 Å². The van der Waals surface area contributed by atoms with E-state index in [-0.39, 0.29) is 0 Å². The van der Waals surface area contributed by atoms with Crippen molar-refractivity contribution in [1.29, 1.82) is 0 Å². The fraction of sp³-hybridized carbons (Fsp3) is 0.600.